The Morgan fingerprint density at radius 3 is 2.55 bits per heavy atom. The first-order valence-electron chi connectivity index (χ1n) is 6.80. The average molecular weight is 296 g/mol. The molecule has 0 aromatic heterocycles. The minimum atomic E-state index is -3.03. The summed E-state index contributed by atoms with van der Waals surface area (Å²) in [7, 11) is -3.03. The zero-order valence-corrected chi connectivity index (χ0v) is 12.4. The van der Waals surface area contributed by atoms with Gasteiger partial charge in [-0.1, -0.05) is 24.3 Å². The molecule has 0 heterocycles. The number of carboxylic acids is 1. The third-order valence-electron chi connectivity index (χ3n) is 4.14. The number of hydrogen-bond acceptors (Lipinski definition) is 3. The number of aliphatic carboxylic acids is 1. The van der Waals surface area contributed by atoms with Crippen molar-refractivity contribution in [2.45, 2.75) is 32.1 Å². The molecule has 1 aliphatic rings. The van der Waals surface area contributed by atoms with Crippen LogP contribution in [-0.4, -0.2) is 31.5 Å². The Morgan fingerprint density at radius 2 is 1.95 bits per heavy atom. The summed E-state index contributed by atoms with van der Waals surface area (Å²) in [6.07, 6.45) is 3.86. The van der Waals surface area contributed by atoms with Crippen molar-refractivity contribution >= 4 is 15.8 Å². The lowest BCUT2D eigenvalue weighted by Gasteiger charge is -2.34. The van der Waals surface area contributed by atoms with Crippen LogP contribution in [-0.2, 0) is 27.5 Å². The van der Waals surface area contributed by atoms with Crippen LogP contribution in [0.3, 0.4) is 0 Å². The second-order valence-corrected chi connectivity index (χ2v) is 8.02. The first kappa shape index (κ1) is 15.0. The Kier molecular flexibility index (Phi) is 4.18. The van der Waals surface area contributed by atoms with Crippen LogP contribution in [0.25, 0.3) is 0 Å². The zero-order valence-electron chi connectivity index (χ0n) is 11.6. The molecule has 1 aliphatic carbocycles. The number of carboxylic acid groups (broad SMARTS) is 1. The van der Waals surface area contributed by atoms with Gasteiger partial charge in [-0.05, 0) is 43.2 Å². The van der Waals surface area contributed by atoms with Gasteiger partial charge in [-0.25, -0.2) is 8.42 Å². The minimum absolute atomic E-state index is 0.0592. The quantitative estimate of drug-likeness (QED) is 0.903. The van der Waals surface area contributed by atoms with E-state index in [1.807, 2.05) is 24.3 Å². The van der Waals surface area contributed by atoms with Crippen molar-refractivity contribution in [1.82, 2.24) is 0 Å². The Morgan fingerprint density at radius 1 is 1.30 bits per heavy atom. The van der Waals surface area contributed by atoms with Crippen molar-refractivity contribution in [3.8, 4) is 0 Å². The zero-order chi connectivity index (χ0) is 14.8. The SMILES string of the molecule is CS(=O)(=O)CCCC1(C(=O)O)CCc2ccccc2C1. The molecule has 0 amide bonds. The molecular formula is C15H20O4S. The molecule has 1 aromatic rings. The van der Waals surface area contributed by atoms with Crippen molar-refractivity contribution in [2.75, 3.05) is 12.0 Å². The lowest BCUT2D eigenvalue weighted by Crippen LogP contribution is -2.37. The minimum Gasteiger partial charge on any atom is -0.481 e. The van der Waals surface area contributed by atoms with Crippen LogP contribution in [0.1, 0.15) is 30.4 Å². The average Bonchev–Trinajstić information content (AvgIpc) is 2.37. The molecule has 2 rings (SSSR count). The van der Waals surface area contributed by atoms with E-state index in [1.165, 1.54) is 11.8 Å². The number of aryl methyl sites for hydroxylation is 1. The van der Waals surface area contributed by atoms with Crippen LogP contribution >= 0.6 is 0 Å². The van der Waals surface area contributed by atoms with E-state index < -0.39 is 21.2 Å². The summed E-state index contributed by atoms with van der Waals surface area (Å²) in [6.45, 7) is 0. The van der Waals surface area contributed by atoms with Gasteiger partial charge in [-0.15, -0.1) is 0 Å². The van der Waals surface area contributed by atoms with Crippen LogP contribution in [0.5, 0.6) is 0 Å². The lowest BCUT2D eigenvalue weighted by molar-refractivity contribution is -0.150. The van der Waals surface area contributed by atoms with Crippen molar-refractivity contribution < 1.29 is 18.3 Å². The summed E-state index contributed by atoms with van der Waals surface area (Å²) in [4.78, 5) is 11.7. The lowest BCUT2D eigenvalue weighted by atomic mass is 9.69. The van der Waals surface area contributed by atoms with Gasteiger partial charge in [0.15, 0.2) is 0 Å². The third kappa shape index (κ3) is 3.39. The third-order valence-corrected chi connectivity index (χ3v) is 5.17. The van der Waals surface area contributed by atoms with E-state index in [1.54, 1.807) is 0 Å². The Hall–Kier alpha value is -1.36. The maximum absolute atomic E-state index is 11.7. The summed E-state index contributed by atoms with van der Waals surface area (Å²) in [5, 5.41) is 9.59. The molecule has 4 nitrogen and oxygen atoms in total. The van der Waals surface area contributed by atoms with E-state index in [4.69, 9.17) is 0 Å². The van der Waals surface area contributed by atoms with Crippen LogP contribution in [0, 0.1) is 5.41 Å². The number of benzene rings is 1. The fourth-order valence-corrected chi connectivity index (χ4v) is 3.65. The van der Waals surface area contributed by atoms with E-state index in [2.05, 4.69) is 0 Å². The van der Waals surface area contributed by atoms with Crippen molar-refractivity contribution in [3.05, 3.63) is 35.4 Å². The number of rotatable bonds is 5. The van der Waals surface area contributed by atoms with Gasteiger partial charge in [0.1, 0.15) is 9.84 Å². The van der Waals surface area contributed by atoms with E-state index in [0.717, 1.165) is 12.0 Å². The highest BCUT2D eigenvalue weighted by molar-refractivity contribution is 7.90. The second kappa shape index (κ2) is 5.56. The summed E-state index contributed by atoms with van der Waals surface area (Å²) in [5.41, 5.74) is 1.49. The highest BCUT2D eigenvalue weighted by Crippen LogP contribution is 2.39. The number of carbonyl (C=O) groups is 1. The van der Waals surface area contributed by atoms with Gasteiger partial charge < -0.3 is 5.11 Å². The van der Waals surface area contributed by atoms with Crippen LogP contribution in [0.4, 0.5) is 0 Å². The van der Waals surface area contributed by atoms with Gasteiger partial charge in [-0.2, -0.15) is 0 Å². The van der Waals surface area contributed by atoms with Crippen molar-refractivity contribution in [1.29, 1.82) is 0 Å². The molecule has 0 spiro atoms. The van der Waals surface area contributed by atoms with Crippen molar-refractivity contribution in [3.63, 3.8) is 0 Å². The molecular weight excluding hydrogens is 276 g/mol. The second-order valence-electron chi connectivity index (χ2n) is 5.76. The summed E-state index contributed by atoms with van der Waals surface area (Å²) in [5.74, 6) is -0.746. The molecule has 5 heteroatoms. The topological polar surface area (TPSA) is 71.4 Å². The van der Waals surface area contributed by atoms with Crippen LogP contribution in [0.15, 0.2) is 24.3 Å². The van der Waals surface area contributed by atoms with Gasteiger partial charge in [0.25, 0.3) is 0 Å². The Bertz CT molecular complexity index is 606. The summed E-state index contributed by atoms with van der Waals surface area (Å²) in [6, 6.07) is 7.91. The van der Waals surface area contributed by atoms with Gasteiger partial charge in [0, 0.05) is 12.0 Å². The van der Waals surface area contributed by atoms with Gasteiger partial charge in [-0.3, -0.25) is 4.79 Å². The van der Waals surface area contributed by atoms with Crippen LogP contribution in [0.2, 0.25) is 0 Å². The molecule has 0 fully saturated rings. The summed E-state index contributed by atoms with van der Waals surface area (Å²) >= 11 is 0. The molecule has 1 N–H and O–H groups in total. The predicted molar refractivity (Wildman–Crippen MR) is 77.5 cm³/mol. The molecule has 0 saturated heterocycles. The van der Waals surface area contributed by atoms with Gasteiger partial charge >= 0.3 is 5.97 Å². The largest absolute Gasteiger partial charge is 0.481 e. The molecule has 110 valence electrons. The number of sulfone groups is 1. The predicted octanol–water partition coefficient (Wildman–Crippen LogP) is 2.07. The Balaban J connectivity index is 2.14. The highest BCUT2D eigenvalue weighted by Gasteiger charge is 2.40. The first-order valence-corrected chi connectivity index (χ1v) is 8.86. The molecule has 20 heavy (non-hydrogen) atoms. The van der Waals surface area contributed by atoms with Gasteiger partial charge in [0.05, 0.1) is 5.41 Å². The fraction of sp³-hybridized carbons (Fsp3) is 0.533. The summed E-state index contributed by atoms with van der Waals surface area (Å²) < 4.78 is 22.4. The molecule has 1 unspecified atom stereocenters. The smallest absolute Gasteiger partial charge is 0.309 e. The molecule has 0 aliphatic heterocycles. The first-order chi connectivity index (χ1) is 9.32. The maximum atomic E-state index is 11.7. The van der Waals surface area contributed by atoms with E-state index in [-0.39, 0.29) is 5.75 Å². The fourth-order valence-electron chi connectivity index (χ4n) is 2.98. The standard InChI is InChI=1S/C15H20O4S/c1-20(18,19)10-4-8-15(14(16)17)9-7-12-5-2-3-6-13(12)11-15/h2-3,5-6H,4,7-11H2,1H3,(H,16,17). The molecule has 0 radical (unpaired) electrons. The number of hydrogen-bond donors (Lipinski definition) is 1. The van der Waals surface area contributed by atoms with Gasteiger partial charge in [0.2, 0.25) is 0 Å². The van der Waals surface area contributed by atoms with E-state index in [0.29, 0.717) is 25.7 Å². The molecule has 1 atom stereocenters. The highest BCUT2D eigenvalue weighted by atomic mass is 32.2. The molecule has 0 bridgehead atoms. The van der Waals surface area contributed by atoms with Crippen molar-refractivity contribution in [2.24, 2.45) is 5.41 Å². The number of fused-ring (bicyclic) bond motifs is 1. The maximum Gasteiger partial charge on any atom is 0.309 e. The molecule has 0 saturated carbocycles. The van der Waals surface area contributed by atoms with Crippen LogP contribution < -0.4 is 0 Å². The monoisotopic (exact) mass is 296 g/mol. The van der Waals surface area contributed by atoms with E-state index in [9.17, 15) is 18.3 Å². The normalized spacial score (nSPS) is 22.2. The Labute approximate surface area is 119 Å². The molecule has 1 aromatic carbocycles. The van der Waals surface area contributed by atoms with E-state index >= 15 is 0 Å².